The van der Waals surface area contributed by atoms with Crippen molar-refractivity contribution in [2.24, 2.45) is 0 Å². The van der Waals surface area contributed by atoms with Crippen molar-refractivity contribution in [2.45, 2.75) is 18.3 Å². The van der Waals surface area contributed by atoms with E-state index < -0.39 is 0 Å². The molecule has 0 amide bonds. The summed E-state index contributed by atoms with van der Waals surface area (Å²) < 4.78 is 1.17. The van der Waals surface area contributed by atoms with Gasteiger partial charge in [-0.3, -0.25) is 0 Å². The van der Waals surface area contributed by atoms with Crippen LogP contribution in [-0.2, 0) is 5.41 Å². The van der Waals surface area contributed by atoms with Crippen molar-refractivity contribution in [3.63, 3.8) is 0 Å². The van der Waals surface area contributed by atoms with Gasteiger partial charge in [-0.2, -0.15) is 0 Å². The lowest BCUT2D eigenvalue weighted by Gasteiger charge is -2.20. The average molecular weight is 254 g/mol. The Morgan fingerprint density at radius 2 is 1.79 bits per heavy atom. The molecule has 0 heterocycles. The van der Waals surface area contributed by atoms with E-state index in [9.17, 15) is 0 Å². The average Bonchev–Trinajstić information content (AvgIpc) is 2.85. The Hall–Kier alpha value is -0.340. The van der Waals surface area contributed by atoms with Crippen LogP contribution in [0, 0.1) is 0 Å². The fourth-order valence-electron chi connectivity index (χ4n) is 2.10. The minimum atomic E-state index is 0.462. The molecule has 76 valence electrons. The Labute approximate surface area is 94.2 Å². The third-order valence-electron chi connectivity index (χ3n) is 2.93. The zero-order valence-electron chi connectivity index (χ0n) is 8.76. The van der Waals surface area contributed by atoms with Gasteiger partial charge in [-0.25, -0.2) is 0 Å². The van der Waals surface area contributed by atoms with Crippen LogP contribution < -0.4 is 0 Å². The van der Waals surface area contributed by atoms with Crippen molar-refractivity contribution in [1.29, 1.82) is 0 Å². The van der Waals surface area contributed by atoms with E-state index in [-0.39, 0.29) is 0 Å². The summed E-state index contributed by atoms with van der Waals surface area (Å²) in [5.74, 6) is 0. The number of benzene rings is 1. The second kappa shape index (κ2) is 3.67. The van der Waals surface area contributed by atoms with Crippen molar-refractivity contribution in [2.75, 3.05) is 20.6 Å². The molecule has 1 fully saturated rings. The minimum Gasteiger partial charge on any atom is -0.309 e. The smallest absolute Gasteiger partial charge is 0.0175 e. The molecule has 1 aliphatic carbocycles. The number of hydrogen-bond donors (Lipinski definition) is 0. The molecule has 0 aliphatic heterocycles. The van der Waals surface area contributed by atoms with Crippen LogP contribution in [0.3, 0.4) is 0 Å². The second-order valence-corrected chi connectivity index (χ2v) is 5.44. The molecule has 1 nitrogen and oxygen atoms in total. The Kier molecular flexibility index (Phi) is 2.67. The van der Waals surface area contributed by atoms with Gasteiger partial charge in [-0.05, 0) is 44.6 Å². The molecule has 0 aromatic heterocycles. The summed E-state index contributed by atoms with van der Waals surface area (Å²) >= 11 is 3.47. The van der Waals surface area contributed by atoms with E-state index in [0.29, 0.717) is 5.41 Å². The highest BCUT2D eigenvalue weighted by atomic mass is 79.9. The van der Waals surface area contributed by atoms with E-state index in [1.54, 1.807) is 0 Å². The molecule has 1 aliphatic rings. The van der Waals surface area contributed by atoms with Gasteiger partial charge in [0.15, 0.2) is 0 Å². The van der Waals surface area contributed by atoms with Gasteiger partial charge in [0.05, 0.1) is 0 Å². The number of likely N-dealkylation sites (N-methyl/N-ethyl adjacent to an activating group) is 1. The van der Waals surface area contributed by atoms with Crippen molar-refractivity contribution in [3.05, 3.63) is 34.3 Å². The van der Waals surface area contributed by atoms with Gasteiger partial charge in [-0.15, -0.1) is 0 Å². The van der Waals surface area contributed by atoms with Gasteiger partial charge in [-0.1, -0.05) is 28.1 Å². The third kappa shape index (κ3) is 2.01. The first kappa shape index (κ1) is 10.2. The molecule has 0 N–H and O–H groups in total. The number of hydrogen-bond acceptors (Lipinski definition) is 1. The van der Waals surface area contributed by atoms with Gasteiger partial charge >= 0.3 is 0 Å². The lowest BCUT2D eigenvalue weighted by atomic mass is 9.96. The van der Waals surface area contributed by atoms with Crippen LogP contribution in [-0.4, -0.2) is 25.5 Å². The van der Waals surface area contributed by atoms with Gasteiger partial charge in [0.2, 0.25) is 0 Å². The fraction of sp³-hybridized carbons (Fsp3) is 0.500. The highest BCUT2D eigenvalue weighted by molar-refractivity contribution is 9.10. The SMILES string of the molecule is CN(C)CC1(c2ccc(Br)cc2)CC1. The van der Waals surface area contributed by atoms with E-state index in [0.717, 1.165) is 0 Å². The summed E-state index contributed by atoms with van der Waals surface area (Å²) in [5.41, 5.74) is 1.96. The summed E-state index contributed by atoms with van der Waals surface area (Å²) in [6.07, 6.45) is 2.68. The predicted octanol–water partition coefficient (Wildman–Crippen LogP) is 3.04. The van der Waals surface area contributed by atoms with Crippen molar-refractivity contribution >= 4 is 15.9 Å². The first-order valence-electron chi connectivity index (χ1n) is 5.03. The topological polar surface area (TPSA) is 3.24 Å². The minimum absolute atomic E-state index is 0.462. The van der Waals surface area contributed by atoms with Crippen molar-refractivity contribution < 1.29 is 0 Å². The molecule has 1 aromatic rings. The van der Waals surface area contributed by atoms with E-state index in [1.807, 2.05) is 0 Å². The Balaban J connectivity index is 2.18. The lowest BCUT2D eigenvalue weighted by Crippen LogP contribution is -2.25. The van der Waals surface area contributed by atoms with Gasteiger partial charge in [0.1, 0.15) is 0 Å². The maximum absolute atomic E-state index is 3.47. The monoisotopic (exact) mass is 253 g/mol. The number of rotatable bonds is 3. The number of halogens is 1. The molecular formula is C12H16BrN. The van der Waals surface area contributed by atoms with E-state index in [2.05, 4.69) is 59.2 Å². The first-order valence-corrected chi connectivity index (χ1v) is 5.82. The van der Waals surface area contributed by atoms with Gasteiger partial charge in [0.25, 0.3) is 0 Å². The maximum atomic E-state index is 3.47. The largest absolute Gasteiger partial charge is 0.309 e. The quantitative estimate of drug-likeness (QED) is 0.801. The second-order valence-electron chi connectivity index (χ2n) is 4.53. The molecule has 0 saturated heterocycles. The summed E-state index contributed by atoms with van der Waals surface area (Å²) in [6, 6.07) is 8.79. The molecule has 1 aromatic carbocycles. The van der Waals surface area contributed by atoms with Gasteiger partial charge < -0.3 is 4.90 Å². The van der Waals surface area contributed by atoms with Gasteiger partial charge in [0, 0.05) is 16.4 Å². The summed E-state index contributed by atoms with van der Waals surface area (Å²) in [6.45, 7) is 1.18. The van der Waals surface area contributed by atoms with E-state index in [4.69, 9.17) is 0 Å². The highest BCUT2D eigenvalue weighted by Crippen LogP contribution is 2.48. The first-order chi connectivity index (χ1) is 6.62. The summed E-state index contributed by atoms with van der Waals surface area (Å²) in [7, 11) is 4.30. The molecule has 0 radical (unpaired) electrons. The van der Waals surface area contributed by atoms with Crippen LogP contribution in [0.25, 0.3) is 0 Å². The predicted molar refractivity (Wildman–Crippen MR) is 63.6 cm³/mol. The van der Waals surface area contributed by atoms with Crippen LogP contribution in [0.4, 0.5) is 0 Å². The highest BCUT2D eigenvalue weighted by Gasteiger charge is 2.44. The Bertz CT molecular complexity index is 312. The molecule has 2 rings (SSSR count). The standard InChI is InChI=1S/C12H16BrN/c1-14(2)9-12(7-8-12)10-3-5-11(13)6-4-10/h3-6H,7-9H2,1-2H3. The number of nitrogens with zero attached hydrogens (tertiary/aromatic N) is 1. The third-order valence-corrected chi connectivity index (χ3v) is 3.46. The van der Waals surface area contributed by atoms with Crippen molar-refractivity contribution in [1.82, 2.24) is 4.90 Å². The molecule has 14 heavy (non-hydrogen) atoms. The zero-order valence-corrected chi connectivity index (χ0v) is 10.3. The summed E-state index contributed by atoms with van der Waals surface area (Å²) in [4.78, 5) is 2.29. The molecule has 1 saturated carbocycles. The van der Waals surface area contributed by atoms with Crippen LogP contribution in [0.1, 0.15) is 18.4 Å². The molecule has 0 atom stereocenters. The van der Waals surface area contributed by atoms with Crippen LogP contribution >= 0.6 is 15.9 Å². The Morgan fingerprint density at radius 1 is 1.21 bits per heavy atom. The molecule has 0 bridgehead atoms. The van der Waals surface area contributed by atoms with E-state index >= 15 is 0 Å². The van der Waals surface area contributed by atoms with E-state index in [1.165, 1.54) is 29.4 Å². The van der Waals surface area contributed by atoms with Crippen LogP contribution in [0.15, 0.2) is 28.7 Å². The zero-order chi connectivity index (χ0) is 10.2. The fourth-order valence-corrected chi connectivity index (χ4v) is 2.36. The lowest BCUT2D eigenvalue weighted by molar-refractivity contribution is 0.362. The van der Waals surface area contributed by atoms with Crippen LogP contribution in [0.5, 0.6) is 0 Å². The molecule has 0 spiro atoms. The van der Waals surface area contributed by atoms with Crippen molar-refractivity contribution in [3.8, 4) is 0 Å². The Morgan fingerprint density at radius 3 is 2.21 bits per heavy atom. The normalized spacial score (nSPS) is 18.6. The summed E-state index contributed by atoms with van der Waals surface area (Å²) in [5, 5.41) is 0. The maximum Gasteiger partial charge on any atom is 0.0175 e. The molecule has 0 unspecified atom stereocenters. The molecule has 2 heteroatoms. The van der Waals surface area contributed by atoms with Crippen LogP contribution in [0.2, 0.25) is 0 Å². The molecular weight excluding hydrogens is 238 g/mol.